The van der Waals surface area contributed by atoms with Crippen LogP contribution in [0.4, 0.5) is 0 Å². The molecule has 4 radical (unpaired) electrons. The summed E-state index contributed by atoms with van der Waals surface area (Å²) in [4.78, 5) is 3.98. The van der Waals surface area contributed by atoms with Gasteiger partial charge in [-0.15, -0.1) is 0 Å². The van der Waals surface area contributed by atoms with Gasteiger partial charge in [0, 0.05) is 11.9 Å². The Balaban J connectivity index is 4.25. The molecule has 3 heteroatoms. The van der Waals surface area contributed by atoms with Crippen molar-refractivity contribution in [2.75, 3.05) is 0 Å². The van der Waals surface area contributed by atoms with E-state index in [-0.39, 0.29) is 0 Å². The van der Waals surface area contributed by atoms with Crippen molar-refractivity contribution in [3.63, 3.8) is 0 Å². The quantitative estimate of drug-likeness (QED) is 0.437. The fourth-order valence-corrected chi connectivity index (χ4v) is 0.528. The highest BCUT2D eigenvalue weighted by molar-refractivity contribution is 6.33. The van der Waals surface area contributed by atoms with Gasteiger partial charge in [-0.2, -0.15) is 0 Å². The van der Waals surface area contributed by atoms with Crippen molar-refractivity contribution in [1.82, 2.24) is 0 Å². The number of allylic oxidation sites excluding steroid dienone is 3. The van der Waals surface area contributed by atoms with E-state index in [4.69, 9.17) is 15.7 Å². The summed E-state index contributed by atoms with van der Waals surface area (Å²) in [7, 11) is 11.0. The summed E-state index contributed by atoms with van der Waals surface area (Å²) in [5.74, 6) is 0. The van der Waals surface area contributed by atoms with Crippen LogP contribution < -0.4 is 0 Å². The molecule has 1 nitrogen and oxygen atoms in total. The number of hydrogen-bond donors (Lipinski definition) is 0. The first-order chi connectivity index (χ1) is 5.61. The van der Waals surface area contributed by atoms with Gasteiger partial charge in [-0.1, -0.05) is 24.5 Å². The Morgan fingerprint density at radius 1 is 1.58 bits per heavy atom. The zero-order valence-corrected chi connectivity index (χ0v) is 7.80. The van der Waals surface area contributed by atoms with E-state index in [0.29, 0.717) is 17.5 Å². The summed E-state index contributed by atoms with van der Waals surface area (Å²) in [5.41, 5.74) is 2.47. The normalized spacial score (nSPS) is 13.2. The van der Waals surface area contributed by atoms with Crippen LogP contribution in [0.3, 0.4) is 0 Å². The van der Waals surface area contributed by atoms with Crippen molar-refractivity contribution in [3.8, 4) is 0 Å². The predicted molar refractivity (Wildman–Crippen MR) is 56.9 cm³/mol. The van der Waals surface area contributed by atoms with Crippen LogP contribution in [0.5, 0.6) is 0 Å². The molecule has 0 aliphatic carbocycles. The lowest BCUT2D eigenvalue weighted by Crippen LogP contribution is -1.89. The lowest BCUT2D eigenvalue weighted by molar-refractivity contribution is 1.10. The lowest BCUT2D eigenvalue weighted by atomic mass is 9.90. The van der Waals surface area contributed by atoms with Crippen molar-refractivity contribution in [3.05, 3.63) is 23.3 Å². The average Bonchev–Trinajstić information content (AvgIpc) is 2.11. The third-order valence-corrected chi connectivity index (χ3v) is 1.64. The Bertz CT molecular complexity index is 217. The van der Waals surface area contributed by atoms with Crippen LogP contribution >= 0.6 is 0 Å². The third-order valence-electron chi connectivity index (χ3n) is 1.64. The molecule has 0 spiro atoms. The van der Waals surface area contributed by atoms with E-state index in [9.17, 15) is 0 Å². The van der Waals surface area contributed by atoms with Gasteiger partial charge in [0.1, 0.15) is 7.85 Å². The maximum atomic E-state index is 5.68. The Labute approximate surface area is 77.5 Å². The predicted octanol–water partition coefficient (Wildman–Crippen LogP) is 2.01. The smallest absolute Gasteiger partial charge is 0.115 e. The molecule has 0 amide bonds. The molecule has 0 saturated carbocycles. The minimum Gasteiger partial charge on any atom is -0.263 e. The summed E-state index contributed by atoms with van der Waals surface area (Å²) < 4.78 is 0. The van der Waals surface area contributed by atoms with Crippen LogP contribution in [0.1, 0.15) is 20.3 Å². The van der Waals surface area contributed by atoms with E-state index in [1.54, 1.807) is 6.21 Å². The van der Waals surface area contributed by atoms with E-state index in [0.717, 1.165) is 12.0 Å². The molecule has 0 fully saturated rings. The number of nitrogens with zero attached hydrogens (tertiary/aromatic N) is 1. The molecule has 12 heavy (non-hydrogen) atoms. The van der Waals surface area contributed by atoms with E-state index in [2.05, 4.69) is 11.6 Å². The minimum atomic E-state index is 0.370. The van der Waals surface area contributed by atoms with Crippen molar-refractivity contribution in [2.24, 2.45) is 4.99 Å². The molecule has 0 aliphatic heterocycles. The van der Waals surface area contributed by atoms with Gasteiger partial charge in [0.2, 0.25) is 0 Å². The maximum Gasteiger partial charge on any atom is 0.115 e. The standard InChI is InChI=1S/C9H13B2N/c1-4-7(2)9(11)6-12-8(3)5-10/h6H,3-5H2,1-2H3/b9-7+,12-6?. The molecule has 0 saturated heterocycles. The van der Waals surface area contributed by atoms with Crippen LogP contribution in [0.2, 0.25) is 6.32 Å². The monoisotopic (exact) mass is 157 g/mol. The maximum absolute atomic E-state index is 5.68. The van der Waals surface area contributed by atoms with Crippen LogP contribution in [0.15, 0.2) is 28.3 Å². The largest absolute Gasteiger partial charge is 0.263 e. The van der Waals surface area contributed by atoms with E-state index in [1.807, 2.05) is 13.8 Å². The van der Waals surface area contributed by atoms with Gasteiger partial charge in [-0.3, -0.25) is 4.99 Å². The topological polar surface area (TPSA) is 12.4 Å². The lowest BCUT2D eigenvalue weighted by Gasteiger charge is -1.99. The molecule has 0 unspecified atom stereocenters. The van der Waals surface area contributed by atoms with Crippen molar-refractivity contribution in [1.29, 1.82) is 0 Å². The first-order valence-corrected chi connectivity index (χ1v) is 3.99. The van der Waals surface area contributed by atoms with Crippen molar-refractivity contribution in [2.45, 2.75) is 26.6 Å². The van der Waals surface area contributed by atoms with Crippen LogP contribution in [0, 0.1) is 0 Å². The van der Waals surface area contributed by atoms with Gasteiger partial charge in [0.15, 0.2) is 0 Å². The first-order valence-electron chi connectivity index (χ1n) is 3.99. The van der Waals surface area contributed by atoms with Gasteiger partial charge in [0.05, 0.1) is 7.85 Å². The Kier molecular flexibility index (Phi) is 5.52. The zero-order chi connectivity index (χ0) is 9.56. The molecular formula is C9H13B2N. The molecule has 60 valence electrons. The van der Waals surface area contributed by atoms with Gasteiger partial charge < -0.3 is 0 Å². The Hall–Kier alpha value is -0.720. The summed E-state index contributed by atoms with van der Waals surface area (Å²) in [6.07, 6.45) is 2.91. The summed E-state index contributed by atoms with van der Waals surface area (Å²) in [6.45, 7) is 7.66. The molecule has 0 rings (SSSR count). The van der Waals surface area contributed by atoms with E-state index < -0.39 is 0 Å². The highest BCUT2D eigenvalue weighted by Crippen LogP contribution is 2.03. The van der Waals surface area contributed by atoms with Gasteiger partial charge in [-0.25, -0.2) is 0 Å². The molecule has 0 bridgehead atoms. The SMILES string of the molecule is [B]CC(=C)N=C/C([B])=C(/C)CC. The second-order valence-electron chi connectivity index (χ2n) is 2.62. The molecule has 0 N–H and O–H groups in total. The van der Waals surface area contributed by atoms with Crippen LogP contribution in [-0.2, 0) is 0 Å². The molecule has 0 atom stereocenters. The fourth-order valence-electron chi connectivity index (χ4n) is 0.528. The van der Waals surface area contributed by atoms with Gasteiger partial charge in [-0.05, 0) is 19.7 Å². The number of hydrogen-bond acceptors (Lipinski definition) is 1. The molecule has 0 aromatic heterocycles. The second kappa shape index (κ2) is 5.87. The van der Waals surface area contributed by atoms with Gasteiger partial charge >= 0.3 is 0 Å². The summed E-state index contributed by atoms with van der Waals surface area (Å²) in [5, 5.41) is 0. The summed E-state index contributed by atoms with van der Waals surface area (Å²) >= 11 is 0. The number of aliphatic imine (C=N–C) groups is 1. The molecule has 0 aliphatic rings. The van der Waals surface area contributed by atoms with Crippen LogP contribution in [-0.4, -0.2) is 21.9 Å². The summed E-state index contributed by atoms with van der Waals surface area (Å²) in [6, 6.07) is 0. The van der Waals surface area contributed by atoms with Crippen LogP contribution in [0.25, 0.3) is 0 Å². The van der Waals surface area contributed by atoms with E-state index >= 15 is 0 Å². The molecule has 0 aromatic rings. The second-order valence-corrected chi connectivity index (χ2v) is 2.62. The highest BCUT2D eigenvalue weighted by atomic mass is 14.7. The third kappa shape index (κ3) is 4.22. The van der Waals surface area contributed by atoms with Crippen molar-refractivity contribution >= 4 is 21.9 Å². The van der Waals surface area contributed by atoms with Crippen molar-refractivity contribution < 1.29 is 0 Å². The highest BCUT2D eigenvalue weighted by Gasteiger charge is 1.89. The average molecular weight is 157 g/mol. The molecular weight excluding hydrogens is 144 g/mol. The van der Waals surface area contributed by atoms with E-state index in [1.165, 1.54) is 0 Å². The molecule has 0 aromatic carbocycles. The van der Waals surface area contributed by atoms with Gasteiger partial charge in [0.25, 0.3) is 0 Å². The Morgan fingerprint density at radius 3 is 2.58 bits per heavy atom. The molecule has 0 heterocycles. The zero-order valence-electron chi connectivity index (χ0n) is 7.80. The number of rotatable bonds is 4. The minimum absolute atomic E-state index is 0.370. The fraction of sp³-hybridized carbons (Fsp3) is 0.444. The Morgan fingerprint density at radius 2 is 2.17 bits per heavy atom. The first kappa shape index (κ1) is 11.3.